The zero-order chi connectivity index (χ0) is 12.7. The van der Waals surface area contributed by atoms with Crippen molar-refractivity contribution < 1.29 is 14.3 Å². The van der Waals surface area contributed by atoms with Gasteiger partial charge in [0.2, 0.25) is 0 Å². The van der Waals surface area contributed by atoms with E-state index in [1.165, 1.54) is 12.4 Å². The summed E-state index contributed by atoms with van der Waals surface area (Å²) in [7, 11) is 0. The van der Waals surface area contributed by atoms with Crippen molar-refractivity contribution in [2.75, 3.05) is 18.6 Å². The first-order chi connectivity index (χ1) is 8.13. The van der Waals surface area contributed by atoms with E-state index in [0.717, 1.165) is 0 Å². The van der Waals surface area contributed by atoms with Crippen LogP contribution in [0.5, 0.6) is 0 Å². The SMILES string of the molecule is NNc1cncc(C(=O)NCCOC(N)=O)n1. The molecule has 0 atom stereocenters. The molecule has 6 N–H and O–H groups in total. The maximum absolute atomic E-state index is 11.5. The Morgan fingerprint density at radius 1 is 1.41 bits per heavy atom. The van der Waals surface area contributed by atoms with Crippen molar-refractivity contribution in [3.05, 3.63) is 18.1 Å². The summed E-state index contributed by atoms with van der Waals surface area (Å²) < 4.78 is 4.43. The van der Waals surface area contributed by atoms with E-state index >= 15 is 0 Å². The predicted molar refractivity (Wildman–Crippen MR) is 57.7 cm³/mol. The molecular weight excluding hydrogens is 228 g/mol. The van der Waals surface area contributed by atoms with Crippen LogP contribution in [0, 0.1) is 0 Å². The van der Waals surface area contributed by atoms with E-state index < -0.39 is 12.0 Å². The van der Waals surface area contributed by atoms with Gasteiger partial charge in [-0.2, -0.15) is 0 Å². The van der Waals surface area contributed by atoms with Crippen molar-refractivity contribution in [3.63, 3.8) is 0 Å². The van der Waals surface area contributed by atoms with Gasteiger partial charge < -0.3 is 21.2 Å². The van der Waals surface area contributed by atoms with E-state index in [2.05, 4.69) is 25.4 Å². The lowest BCUT2D eigenvalue weighted by atomic mass is 10.4. The van der Waals surface area contributed by atoms with Gasteiger partial charge in [0.15, 0.2) is 5.82 Å². The van der Waals surface area contributed by atoms with E-state index in [-0.39, 0.29) is 24.7 Å². The number of hydrazine groups is 1. The highest BCUT2D eigenvalue weighted by Gasteiger charge is 2.07. The van der Waals surface area contributed by atoms with Crippen molar-refractivity contribution in [1.82, 2.24) is 15.3 Å². The van der Waals surface area contributed by atoms with Crippen LogP contribution < -0.4 is 22.3 Å². The molecule has 0 unspecified atom stereocenters. The number of hydrogen-bond acceptors (Lipinski definition) is 7. The highest BCUT2D eigenvalue weighted by molar-refractivity contribution is 5.92. The van der Waals surface area contributed by atoms with Crippen LogP contribution in [-0.2, 0) is 4.74 Å². The molecule has 9 nitrogen and oxygen atoms in total. The number of hydrogen-bond donors (Lipinski definition) is 4. The van der Waals surface area contributed by atoms with Gasteiger partial charge in [-0.15, -0.1) is 0 Å². The minimum atomic E-state index is -0.895. The summed E-state index contributed by atoms with van der Waals surface area (Å²) in [5.41, 5.74) is 7.10. The molecule has 1 heterocycles. The second-order valence-electron chi connectivity index (χ2n) is 2.86. The third-order valence-electron chi connectivity index (χ3n) is 1.65. The minimum absolute atomic E-state index is 0.0106. The molecule has 1 aromatic rings. The van der Waals surface area contributed by atoms with Crippen molar-refractivity contribution in [3.8, 4) is 0 Å². The van der Waals surface area contributed by atoms with Gasteiger partial charge in [0.1, 0.15) is 12.3 Å². The van der Waals surface area contributed by atoms with E-state index in [1.807, 2.05) is 0 Å². The Bertz CT molecular complexity index is 410. The summed E-state index contributed by atoms with van der Waals surface area (Å²) >= 11 is 0. The number of nitrogens with two attached hydrogens (primary N) is 2. The number of amides is 2. The second-order valence-corrected chi connectivity index (χ2v) is 2.86. The molecule has 92 valence electrons. The van der Waals surface area contributed by atoms with Crippen molar-refractivity contribution in [2.24, 2.45) is 11.6 Å². The molecule has 0 saturated heterocycles. The van der Waals surface area contributed by atoms with Crippen LogP contribution >= 0.6 is 0 Å². The topological polar surface area (TPSA) is 145 Å². The van der Waals surface area contributed by atoms with Gasteiger partial charge in [0.25, 0.3) is 5.91 Å². The first-order valence-corrected chi connectivity index (χ1v) is 4.62. The number of ether oxygens (including phenoxy) is 1. The van der Waals surface area contributed by atoms with Gasteiger partial charge >= 0.3 is 6.09 Å². The number of rotatable bonds is 5. The number of anilines is 1. The molecule has 0 saturated carbocycles. The van der Waals surface area contributed by atoms with Crippen LogP contribution in [0.25, 0.3) is 0 Å². The summed E-state index contributed by atoms with van der Waals surface area (Å²) in [4.78, 5) is 29.4. The third-order valence-corrected chi connectivity index (χ3v) is 1.65. The van der Waals surface area contributed by atoms with Crippen LogP contribution in [0.1, 0.15) is 10.5 Å². The summed E-state index contributed by atoms with van der Waals surface area (Å²) in [5.74, 6) is 4.93. The summed E-state index contributed by atoms with van der Waals surface area (Å²) in [5, 5.41) is 2.46. The van der Waals surface area contributed by atoms with Crippen LogP contribution in [0.2, 0.25) is 0 Å². The minimum Gasteiger partial charge on any atom is -0.448 e. The Labute approximate surface area is 96.5 Å². The lowest BCUT2D eigenvalue weighted by molar-refractivity contribution is 0.0931. The fourth-order valence-corrected chi connectivity index (χ4v) is 0.952. The summed E-state index contributed by atoms with van der Waals surface area (Å²) in [6.45, 7) is 0.118. The number of primary amides is 1. The lowest BCUT2D eigenvalue weighted by Gasteiger charge is -2.05. The third kappa shape index (κ3) is 4.30. The van der Waals surface area contributed by atoms with Crippen LogP contribution in [0.4, 0.5) is 10.6 Å². The van der Waals surface area contributed by atoms with Crippen molar-refractivity contribution in [2.45, 2.75) is 0 Å². The first kappa shape index (κ1) is 12.6. The Kier molecular flexibility index (Phi) is 4.63. The maximum atomic E-state index is 11.5. The Morgan fingerprint density at radius 3 is 2.82 bits per heavy atom. The largest absolute Gasteiger partial charge is 0.448 e. The quantitative estimate of drug-likeness (QED) is 0.281. The highest BCUT2D eigenvalue weighted by atomic mass is 16.5. The molecular formula is C8H12N6O3. The zero-order valence-corrected chi connectivity index (χ0v) is 8.84. The molecule has 0 spiro atoms. The smallest absolute Gasteiger partial charge is 0.404 e. The predicted octanol–water partition coefficient (Wildman–Crippen LogP) is -1.41. The number of nitrogen functional groups attached to an aromatic ring is 1. The lowest BCUT2D eigenvalue weighted by Crippen LogP contribution is -2.30. The van der Waals surface area contributed by atoms with E-state index in [0.29, 0.717) is 0 Å². The van der Waals surface area contributed by atoms with Gasteiger partial charge in [0.05, 0.1) is 18.9 Å². The Hall–Kier alpha value is -2.42. The highest BCUT2D eigenvalue weighted by Crippen LogP contribution is 1.99. The average Bonchev–Trinajstić information content (AvgIpc) is 2.34. The second kappa shape index (κ2) is 6.23. The molecule has 0 radical (unpaired) electrons. The van der Waals surface area contributed by atoms with Gasteiger partial charge in [-0.05, 0) is 0 Å². The standard InChI is InChI=1S/C8H12N6O3/c9-8(16)17-2-1-12-7(15)5-3-11-4-6(13-5)14-10/h3-4H,1-2,10H2,(H2,9,16)(H,12,15)(H,13,14). The fraction of sp³-hybridized carbons (Fsp3) is 0.250. The molecule has 0 aliphatic carbocycles. The van der Waals surface area contributed by atoms with E-state index in [9.17, 15) is 9.59 Å². The van der Waals surface area contributed by atoms with Crippen LogP contribution in [0.3, 0.4) is 0 Å². The summed E-state index contributed by atoms with van der Waals surface area (Å²) in [6.07, 6.45) is 1.76. The molecule has 1 aromatic heterocycles. The number of nitrogens with one attached hydrogen (secondary N) is 2. The molecule has 0 aliphatic rings. The van der Waals surface area contributed by atoms with Crippen LogP contribution in [0.15, 0.2) is 12.4 Å². The molecule has 0 aromatic carbocycles. The molecule has 0 fully saturated rings. The van der Waals surface area contributed by atoms with Crippen molar-refractivity contribution >= 4 is 17.8 Å². The van der Waals surface area contributed by atoms with Crippen LogP contribution in [-0.4, -0.2) is 35.1 Å². The van der Waals surface area contributed by atoms with Gasteiger partial charge in [0, 0.05) is 0 Å². The maximum Gasteiger partial charge on any atom is 0.404 e. The number of carbonyl (C=O) groups is 2. The average molecular weight is 240 g/mol. The van der Waals surface area contributed by atoms with Gasteiger partial charge in [-0.1, -0.05) is 0 Å². The zero-order valence-electron chi connectivity index (χ0n) is 8.84. The Morgan fingerprint density at radius 2 is 2.18 bits per heavy atom. The molecule has 2 amide bonds. The molecule has 17 heavy (non-hydrogen) atoms. The fourth-order valence-electron chi connectivity index (χ4n) is 0.952. The number of aromatic nitrogens is 2. The number of carbonyl (C=O) groups excluding carboxylic acids is 2. The monoisotopic (exact) mass is 240 g/mol. The summed E-state index contributed by atoms with van der Waals surface area (Å²) in [6, 6.07) is 0. The molecule has 9 heteroatoms. The molecule has 0 aliphatic heterocycles. The van der Waals surface area contributed by atoms with Gasteiger partial charge in [-0.3, -0.25) is 9.78 Å². The first-order valence-electron chi connectivity index (χ1n) is 4.62. The molecule has 0 bridgehead atoms. The Balaban J connectivity index is 2.43. The van der Waals surface area contributed by atoms with Crippen molar-refractivity contribution in [1.29, 1.82) is 0 Å². The van der Waals surface area contributed by atoms with E-state index in [4.69, 9.17) is 11.6 Å². The normalized spacial score (nSPS) is 9.47. The number of nitrogens with zero attached hydrogens (tertiary/aromatic N) is 2. The van der Waals surface area contributed by atoms with Gasteiger partial charge in [-0.25, -0.2) is 15.6 Å². The molecule has 1 rings (SSSR count). The van der Waals surface area contributed by atoms with E-state index in [1.54, 1.807) is 0 Å².